The number of nitrogens with one attached hydrogen (secondary N) is 1. The first-order valence-electron chi connectivity index (χ1n) is 11.0. The van der Waals surface area contributed by atoms with E-state index in [1.165, 1.54) is 36.0 Å². The van der Waals surface area contributed by atoms with Gasteiger partial charge in [0.05, 0.1) is 6.04 Å². The van der Waals surface area contributed by atoms with E-state index in [1.807, 2.05) is 12.1 Å². The molecule has 1 heterocycles. The Labute approximate surface area is 174 Å². The van der Waals surface area contributed by atoms with Crippen LogP contribution in [0, 0.1) is 0 Å². The van der Waals surface area contributed by atoms with E-state index in [1.54, 1.807) is 0 Å². The van der Waals surface area contributed by atoms with Gasteiger partial charge in [0.25, 0.3) is 5.91 Å². The minimum atomic E-state index is -0.0124. The van der Waals surface area contributed by atoms with Gasteiger partial charge in [0.15, 0.2) is 0 Å². The second kappa shape index (κ2) is 9.10. The Bertz CT molecular complexity index is 827. The molecule has 4 heteroatoms. The van der Waals surface area contributed by atoms with E-state index in [-0.39, 0.29) is 11.9 Å². The van der Waals surface area contributed by atoms with Crippen molar-refractivity contribution in [3.8, 4) is 0 Å². The van der Waals surface area contributed by atoms with Crippen molar-refractivity contribution in [3.63, 3.8) is 0 Å². The summed E-state index contributed by atoms with van der Waals surface area (Å²) in [5.74, 6) is 0.0327. The Hall–Kier alpha value is -2.17. The summed E-state index contributed by atoms with van der Waals surface area (Å²) >= 11 is 0. The lowest BCUT2D eigenvalue weighted by Gasteiger charge is -2.37. The molecule has 29 heavy (non-hydrogen) atoms. The molecule has 1 N–H and O–H groups in total. The molecule has 1 amide bonds. The van der Waals surface area contributed by atoms with E-state index >= 15 is 0 Å². The van der Waals surface area contributed by atoms with E-state index in [0.717, 1.165) is 38.0 Å². The van der Waals surface area contributed by atoms with Gasteiger partial charge in [-0.3, -0.25) is 4.79 Å². The van der Waals surface area contributed by atoms with Gasteiger partial charge in [-0.15, -0.1) is 0 Å². The van der Waals surface area contributed by atoms with Crippen LogP contribution >= 0.6 is 0 Å². The summed E-state index contributed by atoms with van der Waals surface area (Å²) in [5, 5.41) is 3.33. The molecule has 4 rings (SSSR count). The average Bonchev–Trinajstić information content (AvgIpc) is 3.22. The number of rotatable bonds is 6. The van der Waals surface area contributed by atoms with Crippen LogP contribution in [-0.4, -0.2) is 55.5 Å². The monoisotopic (exact) mass is 391 g/mol. The van der Waals surface area contributed by atoms with Crippen molar-refractivity contribution in [2.24, 2.45) is 0 Å². The minimum Gasteiger partial charge on any atom is -0.344 e. The molecule has 0 aromatic heterocycles. The molecule has 1 aliphatic carbocycles. The van der Waals surface area contributed by atoms with Crippen molar-refractivity contribution in [2.45, 2.75) is 44.2 Å². The van der Waals surface area contributed by atoms with Crippen molar-refractivity contribution >= 4 is 5.91 Å². The molecule has 2 aliphatic rings. The van der Waals surface area contributed by atoms with Gasteiger partial charge in [0.2, 0.25) is 0 Å². The summed E-state index contributed by atoms with van der Waals surface area (Å²) in [4.78, 5) is 17.9. The molecule has 0 saturated carbocycles. The molecule has 0 spiro atoms. The first kappa shape index (κ1) is 20.1. The number of benzene rings is 2. The zero-order chi connectivity index (χ0) is 20.2. The number of piperidine rings is 1. The molecule has 4 nitrogen and oxygen atoms in total. The van der Waals surface area contributed by atoms with Gasteiger partial charge in [0.1, 0.15) is 0 Å². The van der Waals surface area contributed by atoms with Gasteiger partial charge in [0, 0.05) is 18.2 Å². The highest BCUT2D eigenvalue weighted by molar-refractivity contribution is 5.94. The number of aryl methyl sites for hydroxylation is 2. The maximum absolute atomic E-state index is 13.1. The summed E-state index contributed by atoms with van der Waals surface area (Å²) < 4.78 is 0. The highest BCUT2D eigenvalue weighted by atomic mass is 16.1. The minimum absolute atomic E-state index is 0.0124. The van der Waals surface area contributed by atoms with Crippen molar-refractivity contribution < 1.29 is 4.79 Å². The molecular formula is C25H33N3O. The maximum atomic E-state index is 13.1. The highest BCUT2D eigenvalue weighted by Gasteiger charge is 2.25. The number of fused-ring (bicyclic) bond motifs is 1. The fourth-order valence-corrected chi connectivity index (χ4v) is 4.75. The quantitative estimate of drug-likeness (QED) is 0.816. The summed E-state index contributed by atoms with van der Waals surface area (Å²) in [7, 11) is 4.40. The topological polar surface area (TPSA) is 35.6 Å². The third-order valence-corrected chi connectivity index (χ3v) is 6.65. The second-order valence-corrected chi connectivity index (χ2v) is 8.75. The van der Waals surface area contributed by atoms with Crippen LogP contribution in [0.25, 0.3) is 0 Å². The van der Waals surface area contributed by atoms with Gasteiger partial charge in [-0.25, -0.2) is 0 Å². The lowest BCUT2D eigenvalue weighted by atomic mass is 10.0. The Kier molecular flexibility index (Phi) is 6.31. The Morgan fingerprint density at radius 3 is 2.59 bits per heavy atom. The van der Waals surface area contributed by atoms with E-state index in [9.17, 15) is 4.79 Å². The van der Waals surface area contributed by atoms with Crippen molar-refractivity contribution in [1.82, 2.24) is 15.1 Å². The largest absolute Gasteiger partial charge is 0.344 e. The van der Waals surface area contributed by atoms with Crippen LogP contribution < -0.4 is 5.32 Å². The molecule has 2 aromatic carbocycles. The van der Waals surface area contributed by atoms with Crippen molar-refractivity contribution in [1.29, 1.82) is 0 Å². The van der Waals surface area contributed by atoms with Gasteiger partial charge < -0.3 is 15.1 Å². The molecule has 1 unspecified atom stereocenters. The molecular weight excluding hydrogens is 358 g/mol. The zero-order valence-electron chi connectivity index (χ0n) is 17.7. The third-order valence-electron chi connectivity index (χ3n) is 6.65. The molecule has 1 fully saturated rings. The van der Waals surface area contributed by atoms with E-state index < -0.39 is 0 Å². The Morgan fingerprint density at radius 2 is 1.83 bits per heavy atom. The number of carbonyl (C=O) groups is 1. The van der Waals surface area contributed by atoms with E-state index in [4.69, 9.17) is 0 Å². The smallest absolute Gasteiger partial charge is 0.251 e. The van der Waals surface area contributed by atoms with E-state index in [2.05, 4.69) is 65.6 Å². The molecule has 154 valence electrons. The summed E-state index contributed by atoms with van der Waals surface area (Å²) in [6.45, 7) is 3.12. The first-order valence-corrected chi connectivity index (χ1v) is 11.0. The molecule has 0 bridgehead atoms. The standard InChI is InChI=1S/C25H33N3O/c1-27-15-13-23(14-16-27)28(2)18-24(20-7-4-3-5-8-20)26-25(29)22-12-11-19-9-6-10-21(19)17-22/h3-5,7-8,11-12,17,23-24H,6,9-10,13-16,18H2,1-2H3,(H,26,29). The van der Waals surface area contributed by atoms with Crippen LogP contribution in [0.5, 0.6) is 0 Å². The molecule has 1 atom stereocenters. The number of likely N-dealkylation sites (N-methyl/N-ethyl adjacent to an activating group) is 1. The zero-order valence-corrected chi connectivity index (χ0v) is 17.7. The fraction of sp³-hybridized carbons (Fsp3) is 0.480. The van der Waals surface area contributed by atoms with Crippen LogP contribution in [0.2, 0.25) is 0 Å². The van der Waals surface area contributed by atoms with Crippen LogP contribution in [0.15, 0.2) is 48.5 Å². The van der Waals surface area contributed by atoms with Crippen LogP contribution in [0.1, 0.15) is 52.4 Å². The summed E-state index contributed by atoms with van der Waals surface area (Å²) in [5.41, 5.74) is 4.70. The van der Waals surface area contributed by atoms with Crippen LogP contribution in [-0.2, 0) is 12.8 Å². The van der Waals surface area contributed by atoms with Crippen molar-refractivity contribution in [3.05, 3.63) is 70.8 Å². The predicted octanol–water partition coefficient (Wildman–Crippen LogP) is 3.67. The first-order chi connectivity index (χ1) is 14.1. The fourth-order valence-electron chi connectivity index (χ4n) is 4.75. The van der Waals surface area contributed by atoms with Gasteiger partial charge in [-0.1, -0.05) is 36.4 Å². The van der Waals surface area contributed by atoms with E-state index in [0.29, 0.717) is 6.04 Å². The summed E-state index contributed by atoms with van der Waals surface area (Å²) in [6, 6.07) is 17.2. The number of likely N-dealkylation sites (tertiary alicyclic amines) is 1. The normalized spacial score (nSPS) is 18.6. The molecule has 1 saturated heterocycles. The molecule has 2 aromatic rings. The number of carbonyl (C=O) groups excluding carboxylic acids is 1. The van der Waals surface area contributed by atoms with Gasteiger partial charge >= 0.3 is 0 Å². The average molecular weight is 392 g/mol. The van der Waals surface area contributed by atoms with Crippen molar-refractivity contribution in [2.75, 3.05) is 33.7 Å². The number of hydrogen-bond acceptors (Lipinski definition) is 3. The molecule has 0 radical (unpaired) electrons. The lowest BCUT2D eigenvalue weighted by Crippen LogP contribution is -2.45. The van der Waals surface area contributed by atoms with Crippen LogP contribution in [0.4, 0.5) is 0 Å². The predicted molar refractivity (Wildman–Crippen MR) is 118 cm³/mol. The number of hydrogen-bond donors (Lipinski definition) is 1. The third kappa shape index (κ3) is 4.88. The Morgan fingerprint density at radius 1 is 1.10 bits per heavy atom. The number of nitrogens with zero attached hydrogens (tertiary/aromatic N) is 2. The second-order valence-electron chi connectivity index (χ2n) is 8.75. The maximum Gasteiger partial charge on any atom is 0.251 e. The SMILES string of the molecule is CN1CCC(N(C)CC(NC(=O)c2ccc3c(c2)CCC3)c2ccccc2)CC1. The molecule has 1 aliphatic heterocycles. The summed E-state index contributed by atoms with van der Waals surface area (Å²) in [6.07, 6.45) is 5.82. The highest BCUT2D eigenvalue weighted by Crippen LogP contribution is 2.24. The Balaban J connectivity index is 1.48. The van der Waals surface area contributed by atoms with Gasteiger partial charge in [-0.2, -0.15) is 0 Å². The van der Waals surface area contributed by atoms with Crippen LogP contribution in [0.3, 0.4) is 0 Å². The van der Waals surface area contributed by atoms with Gasteiger partial charge in [-0.05, 0) is 88.1 Å². The number of amides is 1. The lowest BCUT2D eigenvalue weighted by molar-refractivity contribution is 0.0905.